The van der Waals surface area contributed by atoms with E-state index >= 15 is 0 Å². The second kappa shape index (κ2) is 3.60. The van der Waals surface area contributed by atoms with Gasteiger partial charge in [-0.15, -0.1) is 0 Å². The van der Waals surface area contributed by atoms with Gasteiger partial charge in [-0.3, -0.25) is 9.13 Å². The normalized spacial score (nSPS) is 13.8. The molecule has 0 fully saturated rings. The molecule has 0 aromatic carbocycles. The number of nitrogens with two attached hydrogens (primary N) is 1. The van der Waals surface area contributed by atoms with E-state index < -0.39 is 20.2 Å². The zero-order chi connectivity index (χ0) is 9.50. The summed E-state index contributed by atoms with van der Waals surface area (Å²) in [5.41, 5.74) is 4.74. The first-order valence-corrected chi connectivity index (χ1v) is 5.63. The highest BCUT2D eigenvalue weighted by molar-refractivity contribution is 7.72. The highest BCUT2D eigenvalue weighted by Gasteiger charge is 2.53. The van der Waals surface area contributed by atoms with E-state index in [1.54, 1.807) is 0 Å². The standard InChI is InChI=1S/C2H9NO6P2.B/c1-2(3,10(4,5)6)11(7,8)9;/h3H2,1H3,(H2,4,5,6)(H2,7,8,9);. The predicted octanol–water partition coefficient (Wildman–Crippen LogP) is -1.41. The lowest BCUT2D eigenvalue weighted by molar-refractivity contribution is 0.315. The Morgan fingerprint density at radius 2 is 1.25 bits per heavy atom. The van der Waals surface area contributed by atoms with Gasteiger partial charge < -0.3 is 25.3 Å². The summed E-state index contributed by atoms with van der Waals surface area (Å²) in [6.45, 7) is 0.606. The third-order valence-corrected chi connectivity index (χ3v) is 5.10. The van der Waals surface area contributed by atoms with Crippen LogP contribution in [0.4, 0.5) is 0 Å². The van der Waals surface area contributed by atoms with E-state index in [0.29, 0.717) is 6.92 Å². The van der Waals surface area contributed by atoms with Crippen LogP contribution in [0.2, 0.25) is 0 Å². The molecule has 0 rings (SSSR count). The van der Waals surface area contributed by atoms with Gasteiger partial charge in [0.2, 0.25) is 5.02 Å². The van der Waals surface area contributed by atoms with Crippen LogP contribution in [0.3, 0.4) is 0 Å². The molecular weight excluding hydrogens is 207 g/mol. The molecule has 0 saturated carbocycles. The smallest absolute Gasteiger partial charge is 0.323 e. The predicted molar refractivity (Wildman–Crippen MR) is 42.4 cm³/mol. The molecule has 71 valence electrons. The molecule has 7 nitrogen and oxygen atoms in total. The maximum absolute atomic E-state index is 10.4. The van der Waals surface area contributed by atoms with Crippen LogP contribution in [0.5, 0.6) is 0 Å². The summed E-state index contributed by atoms with van der Waals surface area (Å²) in [5.74, 6) is 0. The molecule has 6 N–H and O–H groups in total. The molecule has 0 bridgehead atoms. The second-order valence-corrected chi connectivity index (χ2v) is 6.57. The van der Waals surface area contributed by atoms with E-state index in [-0.39, 0.29) is 8.41 Å². The SMILES string of the molecule is CC(N)(P(=O)(O)O)P(=O)(O)O.[B]. The van der Waals surface area contributed by atoms with Crippen molar-refractivity contribution in [2.75, 3.05) is 0 Å². The third kappa shape index (κ3) is 2.67. The first-order chi connectivity index (χ1) is 4.50. The van der Waals surface area contributed by atoms with Gasteiger partial charge in [0.05, 0.1) is 0 Å². The molecule has 3 radical (unpaired) electrons. The maximum Gasteiger partial charge on any atom is 0.357 e. The van der Waals surface area contributed by atoms with Gasteiger partial charge >= 0.3 is 15.2 Å². The van der Waals surface area contributed by atoms with Crippen LogP contribution in [0.1, 0.15) is 6.92 Å². The Bertz CT molecular complexity index is 216. The van der Waals surface area contributed by atoms with Crippen LogP contribution in [0, 0.1) is 0 Å². The maximum atomic E-state index is 10.4. The molecule has 0 aliphatic rings. The fraction of sp³-hybridized carbons (Fsp3) is 1.00. The van der Waals surface area contributed by atoms with E-state index in [4.69, 9.17) is 25.3 Å². The highest BCUT2D eigenvalue weighted by atomic mass is 31.2. The van der Waals surface area contributed by atoms with Gasteiger partial charge in [-0.05, 0) is 6.92 Å². The van der Waals surface area contributed by atoms with E-state index in [1.807, 2.05) is 0 Å². The van der Waals surface area contributed by atoms with Crippen molar-refractivity contribution in [2.24, 2.45) is 5.73 Å². The summed E-state index contributed by atoms with van der Waals surface area (Å²) >= 11 is 0. The topological polar surface area (TPSA) is 141 Å². The minimum absolute atomic E-state index is 0. The summed E-state index contributed by atoms with van der Waals surface area (Å²) in [6.07, 6.45) is 0. The first kappa shape index (κ1) is 14.8. The summed E-state index contributed by atoms with van der Waals surface area (Å²) in [5, 5.41) is -2.79. The molecule has 0 aromatic rings. The van der Waals surface area contributed by atoms with Crippen LogP contribution < -0.4 is 5.73 Å². The van der Waals surface area contributed by atoms with Crippen molar-refractivity contribution in [2.45, 2.75) is 11.9 Å². The average Bonchev–Trinajstić information content (AvgIpc) is 1.58. The molecule has 0 aliphatic carbocycles. The van der Waals surface area contributed by atoms with E-state index in [0.717, 1.165) is 0 Å². The van der Waals surface area contributed by atoms with Crippen LogP contribution >= 0.6 is 15.2 Å². The lowest BCUT2D eigenvalue weighted by Crippen LogP contribution is -2.35. The molecule has 0 spiro atoms. The largest absolute Gasteiger partial charge is 0.357 e. The number of rotatable bonds is 2. The molecule has 0 aromatic heterocycles. The van der Waals surface area contributed by atoms with Crippen LogP contribution in [0.25, 0.3) is 0 Å². The van der Waals surface area contributed by atoms with Gasteiger partial charge in [0, 0.05) is 8.41 Å². The molecular formula is C2H9BNO6P2. The van der Waals surface area contributed by atoms with Crippen molar-refractivity contribution >= 4 is 23.6 Å². The monoisotopic (exact) mass is 216 g/mol. The fourth-order valence-corrected chi connectivity index (χ4v) is 1.53. The van der Waals surface area contributed by atoms with Gasteiger partial charge in [0.1, 0.15) is 0 Å². The van der Waals surface area contributed by atoms with Crippen molar-refractivity contribution in [3.63, 3.8) is 0 Å². The van der Waals surface area contributed by atoms with Gasteiger partial charge in [-0.1, -0.05) is 0 Å². The van der Waals surface area contributed by atoms with Crippen LogP contribution in [-0.4, -0.2) is 33.0 Å². The first-order valence-electron chi connectivity index (χ1n) is 2.40. The zero-order valence-electron chi connectivity index (χ0n) is 6.15. The van der Waals surface area contributed by atoms with Crippen molar-refractivity contribution in [3.8, 4) is 0 Å². The summed E-state index contributed by atoms with van der Waals surface area (Å²) in [6, 6.07) is 0. The molecule has 10 heteroatoms. The lowest BCUT2D eigenvalue weighted by Gasteiger charge is -2.25. The van der Waals surface area contributed by atoms with Crippen molar-refractivity contribution < 1.29 is 28.7 Å². The quantitative estimate of drug-likeness (QED) is 0.282. The minimum Gasteiger partial charge on any atom is -0.323 e. The lowest BCUT2D eigenvalue weighted by atomic mass is 10.8. The number of hydrogen-bond acceptors (Lipinski definition) is 3. The van der Waals surface area contributed by atoms with Crippen molar-refractivity contribution in [1.82, 2.24) is 0 Å². The Hall–Kier alpha value is 0.325. The molecule has 0 saturated heterocycles. The van der Waals surface area contributed by atoms with Crippen LogP contribution in [-0.2, 0) is 9.13 Å². The van der Waals surface area contributed by atoms with Gasteiger partial charge in [0.15, 0.2) is 0 Å². The van der Waals surface area contributed by atoms with Crippen molar-refractivity contribution in [3.05, 3.63) is 0 Å². The third-order valence-electron chi connectivity index (χ3n) is 1.18. The van der Waals surface area contributed by atoms with Gasteiger partial charge in [-0.25, -0.2) is 0 Å². The number of hydrogen-bond donors (Lipinski definition) is 5. The van der Waals surface area contributed by atoms with Crippen LogP contribution in [0.15, 0.2) is 0 Å². The molecule has 0 unspecified atom stereocenters. The highest BCUT2D eigenvalue weighted by Crippen LogP contribution is 2.65. The molecule has 12 heavy (non-hydrogen) atoms. The Kier molecular flexibility index (Phi) is 4.44. The minimum atomic E-state index is -4.98. The molecule has 0 aliphatic heterocycles. The van der Waals surface area contributed by atoms with E-state index in [1.165, 1.54) is 0 Å². The van der Waals surface area contributed by atoms with E-state index in [2.05, 4.69) is 0 Å². The Labute approximate surface area is 70.9 Å². The summed E-state index contributed by atoms with van der Waals surface area (Å²) in [4.78, 5) is 33.5. The average molecular weight is 216 g/mol. The second-order valence-electron chi connectivity index (χ2n) is 2.18. The molecule has 0 atom stereocenters. The fourth-order valence-electron chi connectivity index (χ4n) is 0.170. The summed E-state index contributed by atoms with van der Waals surface area (Å²) in [7, 11) is -9.95. The molecule has 0 amide bonds. The Balaban J connectivity index is 0. The van der Waals surface area contributed by atoms with Crippen molar-refractivity contribution in [1.29, 1.82) is 0 Å². The Morgan fingerprint density at radius 3 is 1.25 bits per heavy atom. The summed E-state index contributed by atoms with van der Waals surface area (Å²) < 4.78 is 20.8. The van der Waals surface area contributed by atoms with E-state index in [9.17, 15) is 9.13 Å². The van der Waals surface area contributed by atoms with Gasteiger partial charge in [0.25, 0.3) is 0 Å². The van der Waals surface area contributed by atoms with Gasteiger partial charge in [-0.2, -0.15) is 0 Å². The zero-order valence-corrected chi connectivity index (χ0v) is 7.94. The molecule has 0 heterocycles. The Morgan fingerprint density at radius 1 is 1.08 bits per heavy atom.